The van der Waals surface area contributed by atoms with E-state index in [1.807, 2.05) is 30.3 Å². The van der Waals surface area contributed by atoms with Crippen LogP contribution in [0, 0.1) is 0 Å². The summed E-state index contributed by atoms with van der Waals surface area (Å²) in [7, 11) is -2.94. The highest BCUT2D eigenvalue weighted by Crippen LogP contribution is 2.25. The minimum atomic E-state index is -2.94. The number of ether oxygens (including phenoxy) is 1. The largest absolute Gasteiger partial charge is 0.377 e. The second-order valence-electron chi connectivity index (χ2n) is 9.54. The molecule has 2 saturated heterocycles. The molecule has 5 rings (SSSR count). The Morgan fingerprint density at radius 2 is 1.86 bits per heavy atom. The number of hydrogen-bond donors (Lipinski definition) is 2. The van der Waals surface area contributed by atoms with Crippen molar-refractivity contribution in [2.24, 2.45) is 0 Å². The zero-order chi connectivity index (χ0) is 24.4. The molecule has 1 saturated carbocycles. The lowest BCUT2D eigenvalue weighted by molar-refractivity contribution is 0.0985. The molecule has 0 bridgehead atoms. The number of hydrogen-bond acceptors (Lipinski definition) is 8. The van der Waals surface area contributed by atoms with Gasteiger partial charge in [-0.05, 0) is 44.0 Å². The summed E-state index contributed by atoms with van der Waals surface area (Å²) in [6, 6.07) is 9.83. The van der Waals surface area contributed by atoms with Gasteiger partial charge in [0.1, 0.15) is 5.82 Å². The van der Waals surface area contributed by atoms with E-state index in [4.69, 9.17) is 14.7 Å². The van der Waals surface area contributed by atoms with Gasteiger partial charge in [0, 0.05) is 49.5 Å². The van der Waals surface area contributed by atoms with Gasteiger partial charge in [0.05, 0.1) is 36.5 Å². The van der Waals surface area contributed by atoms with Crippen LogP contribution in [-0.4, -0.2) is 85.8 Å². The number of sulfone groups is 1. The Hall–Kier alpha value is -2.76. The topological polar surface area (TPSA) is 117 Å². The maximum absolute atomic E-state index is 12.0. The minimum absolute atomic E-state index is 0.182. The summed E-state index contributed by atoms with van der Waals surface area (Å²) in [4.78, 5) is 26.1. The fourth-order valence-electron chi connectivity index (χ4n) is 4.33. The molecule has 35 heavy (non-hydrogen) atoms. The summed E-state index contributed by atoms with van der Waals surface area (Å²) in [5.74, 6) is 1.81. The van der Waals surface area contributed by atoms with Gasteiger partial charge in [0.25, 0.3) is 0 Å². The summed E-state index contributed by atoms with van der Waals surface area (Å²) in [6.07, 6.45) is 2.08. The van der Waals surface area contributed by atoms with Gasteiger partial charge >= 0.3 is 6.03 Å². The van der Waals surface area contributed by atoms with E-state index in [-0.39, 0.29) is 23.6 Å². The molecule has 0 spiro atoms. The van der Waals surface area contributed by atoms with Crippen molar-refractivity contribution in [1.82, 2.24) is 20.2 Å². The number of carbonyl (C=O) groups is 1. The predicted octanol–water partition coefficient (Wildman–Crippen LogP) is 1.88. The number of rotatable bonds is 6. The van der Waals surface area contributed by atoms with Gasteiger partial charge in [-0.25, -0.2) is 23.2 Å². The number of aromatic nitrogens is 2. The quantitative estimate of drug-likeness (QED) is 0.618. The Morgan fingerprint density at radius 1 is 1.11 bits per heavy atom. The zero-order valence-electron chi connectivity index (χ0n) is 19.9. The lowest BCUT2D eigenvalue weighted by Crippen LogP contribution is -2.44. The smallest absolute Gasteiger partial charge is 0.319 e. The fraction of sp³-hybridized carbons (Fsp3) is 0.542. The number of morpholine rings is 1. The van der Waals surface area contributed by atoms with Crippen LogP contribution in [0.25, 0.3) is 11.4 Å². The second kappa shape index (κ2) is 10.1. The van der Waals surface area contributed by atoms with Crippen molar-refractivity contribution in [1.29, 1.82) is 0 Å². The van der Waals surface area contributed by atoms with E-state index in [9.17, 15) is 13.2 Å². The Balaban J connectivity index is 1.37. The lowest BCUT2D eigenvalue weighted by atomic mass is 10.1. The molecule has 3 aliphatic rings. The molecule has 3 fully saturated rings. The van der Waals surface area contributed by atoms with Crippen molar-refractivity contribution in [3.63, 3.8) is 0 Å². The van der Waals surface area contributed by atoms with Gasteiger partial charge < -0.3 is 20.3 Å². The van der Waals surface area contributed by atoms with E-state index in [1.165, 1.54) is 0 Å². The summed E-state index contributed by atoms with van der Waals surface area (Å²) in [6.45, 7) is 5.73. The van der Waals surface area contributed by atoms with Crippen molar-refractivity contribution in [2.75, 3.05) is 54.6 Å². The molecular formula is C24H32N6O4S. The molecule has 1 aromatic carbocycles. The van der Waals surface area contributed by atoms with Crippen LogP contribution in [0.15, 0.2) is 30.3 Å². The number of nitrogens with one attached hydrogen (secondary N) is 2. The van der Waals surface area contributed by atoms with E-state index >= 15 is 0 Å². The third-order valence-electron chi connectivity index (χ3n) is 6.56. The lowest BCUT2D eigenvalue weighted by Gasteiger charge is -2.34. The molecule has 2 N–H and O–H groups in total. The summed E-state index contributed by atoms with van der Waals surface area (Å²) in [5.41, 5.74) is 2.41. The third kappa shape index (κ3) is 6.28. The fourth-order valence-corrected chi connectivity index (χ4v) is 5.61. The van der Waals surface area contributed by atoms with E-state index in [0.717, 1.165) is 36.5 Å². The van der Waals surface area contributed by atoms with Gasteiger partial charge in [-0.1, -0.05) is 0 Å². The minimum Gasteiger partial charge on any atom is -0.377 e. The van der Waals surface area contributed by atoms with Crippen LogP contribution in [0.4, 0.5) is 16.3 Å². The van der Waals surface area contributed by atoms with E-state index in [2.05, 4.69) is 27.4 Å². The first-order chi connectivity index (χ1) is 16.8. The van der Waals surface area contributed by atoms with E-state index in [1.54, 1.807) is 0 Å². The number of carbonyl (C=O) groups excluding carboxylic acids is 1. The molecule has 188 valence electrons. The van der Waals surface area contributed by atoms with Crippen LogP contribution in [0.3, 0.4) is 0 Å². The Labute approximate surface area is 206 Å². The molecule has 2 aliphatic heterocycles. The average molecular weight is 501 g/mol. The molecule has 0 unspecified atom stereocenters. The molecule has 1 aliphatic carbocycles. The molecule has 2 aromatic rings. The summed E-state index contributed by atoms with van der Waals surface area (Å²) >= 11 is 0. The highest BCUT2D eigenvalue weighted by atomic mass is 32.2. The van der Waals surface area contributed by atoms with Gasteiger partial charge in [0.15, 0.2) is 15.7 Å². The van der Waals surface area contributed by atoms with Crippen LogP contribution in [0.1, 0.15) is 25.5 Å². The Kier molecular flexibility index (Phi) is 6.90. The number of anilines is 2. The standard InChI is InChI=1S/C24H32N6O4S/c1-17-16-34-11-8-30(17)22-14-21(15-29-9-12-35(32,33)13-10-29)25-23(28-22)18-2-4-19(5-3-18)26-24(31)27-20-6-7-20/h2-5,14,17,20H,6-13,15-16H2,1H3,(H2,26,27,31)/t17-/m0/s1. The van der Waals surface area contributed by atoms with Gasteiger partial charge in [-0.2, -0.15) is 0 Å². The normalized spacial score (nSPS) is 22.5. The summed E-state index contributed by atoms with van der Waals surface area (Å²) in [5, 5.41) is 5.78. The van der Waals surface area contributed by atoms with Crippen LogP contribution in [0.5, 0.6) is 0 Å². The third-order valence-corrected chi connectivity index (χ3v) is 8.17. The summed E-state index contributed by atoms with van der Waals surface area (Å²) < 4.78 is 29.3. The molecule has 10 nitrogen and oxygen atoms in total. The van der Waals surface area contributed by atoms with E-state index < -0.39 is 9.84 Å². The molecule has 11 heteroatoms. The zero-order valence-corrected chi connectivity index (χ0v) is 20.8. The van der Waals surface area contributed by atoms with E-state index in [0.29, 0.717) is 50.4 Å². The Morgan fingerprint density at radius 3 is 2.54 bits per heavy atom. The number of amides is 2. The van der Waals surface area contributed by atoms with Crippen molar-refractivity contribution >= 4 is 27.4 Å². The molecule has 1 atom stereocenters. The molecule has 3 heterocycles. The average Bonchev–Trinajstić information content (AvgIpc) is 3.65. The molecular weight excluding hydrogens is 468 g/mol. The molecule has 0 radical (unpaired) electrons. The number of benzene rings is 1. The first-order valence-electron chi connectivity index (χ1n) is 12.2. The first-order valence-corrected chi connectivity index (χ1v) is 14.0. The van der Waals surface area contributed by atoms with Crippen LogP contribution in [0.2, 0.25) is 0 Å². The van der Waals surface area contributed by atoms with Crippen molar-refractivity contribution < 1.29 is 17.9 Å². The van der Waals surface area contributed by atoms with Gasteiger partial charge in [0.2, 0.25) is 0 Å². The van der Waals surface area contributed by atoms with Gasteiger partial charge in [-0.15, -0.1) is 0 Å². The van der Waals surface area contributed by atoms with Gasteiger partial charge in [-0.3, -0.25) is 4.90 Å². The first kappa shape index (κ1) is 24.0. The second-order valence-corrected chi connectivity index (χ2v) is 11.8. The van der Waals surface area contributed by atoms with Crippen LogP contribution < -0.4 is 15.5 Å². The predicted molar refractivity (Wildman–Crippen MR) is 134 cm³/mol. The SMILES string of the molecule is C[C@H]1COCCN1c1cc(CN2CCS(=O)(=O)CC2)nc(-c2ccc(NC(=O)NC3CC3)cc2)n1. The number of nitrogens with zero attached hydrogens (tertiary/aromatic N) is 4. The molecule has 1 aromatic heterocycles. The highest BCUT2D eigenvalue weighted by molar-refractivity contribution is 7.91. The monoisotopic (exact) mass is 500 g/mol. The van der Waals surface area contributed by atoms with Crippen molar-refractivity contribution in [3.05, 3.63) is 36.0 Å². The Bertz CT molecular complexity index is 1160. The van der Waals surface area contributed by atoms with Crippen LogP contribution >= 0.6 is 0 Å². The van der Waals surface area contributed by atoms with Crippen LogP contribution in [-0.2, 0) is 21.1 Å². The number of urea groups is 1. The maximum atomic E-state index is 12.0. The highest BCUT2D eigenvalue weighted by Gasteiger charge is 2.25. The maximum Gasteiger partial charge on any atom is 0.319 e. The molecule has 2 amide bonds. The van der Waals surface area contributed by atoms with Crippen molar-refractivity contribution in [3.8, 4) is 11.4 Å². The van der Waals surface area contributed by atoms with Crippen molar-refractivity contribution in [2.45, 2.75) is 38.4 Å².